The molecule has 0 saturated heterocycles. The Morgan fingerprint density at radius 1 is 1.32 bits per heavy atom. The maximum absolute atomic E-state index is 13.2. The van der Waals surface area contributed by atoms with Gasteiger partial charge in [0.25, 0.3) is 0 Å². The molecule has 0 unspecified atom stereocenters. The fraction of sp³-hybridized carbons (Fsp3) is 0.385. The van der Waals surface area contributed by atoms with Gasteiger partial charge in [-0.1, -0.05) is 12.1 Å². The monoisotopic (exact) mass is 269 g/mol. The maximum Gasteiger partial charge on any atom is 0.303 e. The minimum atomic E-state index is -1.01. The number of nitrogens with zero attached hydrogens (tertiary/aromatic N) is 1. The average Bonchev–Trinajstić information content (AvgIpc) is 2.38. The van der Waals surface area contributed by atoms with E-state index in [0.717, 1.165) is 0 Å². The Bertz CT molecular complexity index is 450. The zero-order chi connectivity index (χ0) is 14.3. The number of carboxylic acid groups (broad SMARTS) is 1. The smallest absolute Gasteiger partial charge is 0.303 e. The highest BCUT2D eigenvalue weighted by atomic mass is 19.1. The molecule has 0 aliphatic carbocycles. The largest absolute Gasteiger partial charge is 0.489 e. The number of hydrogen-bond donors (Lipinski definition) is 1. The number of likely N-dealkylation sites (N-methyl/N-ethyl adjacent to an activating group) is 1. The molecule has 0 spiro atoms. The fourth-order valence-corrected chi connectivity index (χ4v) is 1.38. The van der Waals surface area contributed by atoms with Crippen molar-refractivity contribution in [3.63, 3.8) is 0 Å². The van der Waals surface area contributed by atoms with Crippen LogP contribution in [0.3, 0.4) is 0 Å². The van der Waals surface area contributed by atoms with Gasteiger partial charge in [0, 0.05) is 13.5 Å². The van der Waals surface area contributed by atoms with E-state index < -0.39 is 11.8 Å². The van der Waals surface area contributed by atoms with Crippen molar-refractivity contribution < 1.29 is 23.8 Å². The van der Waals surface area contributed by atoms with Crippen LogP contribution in [0.2, 0.25) is 0 Å². The predicted octanol–water partition coefficient (Wildman–Crippen LogP) is 1.53. The summed E-state index contributed by atoms with van der Waals surface area (Å²) < 4.78 is 18.4. The number of para-hydroxylation sites is 1. The number of rotatable bonds is 7. The molecule has 104 valence electrons. The number of aliphatic carboxylic acids is 1. The van der Waals surface area contributed by atoms with Gasteiger partial charge in [-0.25, -0.2) is 4.39 Å². The van der Waals surface area contributed by atoms with Gasteiger partial charge in [0.1, 0.15) is 6.61 Å². The number of carboxylic acids is 1. The zero-order valence-electron chi connectivity index (χ0n) is 10.6. The molecule has 0 aliphatic rings. The van der Waals surface area contributed by atoms with Crippen molar-refractivity contribution in [3.8, 4) is 5.75 Å². The Morgan fingerprint density at radius 2 is 2.00 bits per heavy atom. The van der Waals surface area contributed by atoms with Gasteiger partial charge in [0.15, 0.2) is 11.6 Å². The van der Waals surface area contributed by atoms with Crippen molar-refractivity contribution >= 4 is 11.9 Å². The highest BCUT2D eigenvalue weighted by Crippen LogP contribution is 2.14. The summed E-state index contributed by atoms with van der Waals surface area (Å²) in [7, 11) is 1.55. The van der Waals surface area contributed by atoms with Crippen LogP contribution in [0, 0.1) is 5.82 Å². The van der Waals surface area contributed by atoms with Crippen LogP contribution in [0.15, 0.2) is 24.3 Å². The summed E-state index contributed by atoms with van der Waals surface area (Å²) in [4.78, 5) is 23.2. The van der Waals surface area contributed by atoms with E-state index in [9.17, 15) is 14.0 Å². The van der Waals surface area contributed by atoms with E-state index in [4.69, 9.17) is 9.84 Å². The van der Waals surface area contributed by atoms with Crippen LogP contribution in [0.25, 0.3) is 0 Å². The minimum absolute atomic E-state index is 0.0501. The molecule has 1 N–H and O–H groups in total. The van der Waals surface area contributed by atoms with Gasteiger partial charge in [-0.3, -0.25) is 9.59 Å². The lowest BCUT2D eigenvalue weighted by atomic mass is 10.3. The standard InChI is InChI=1S/C13H16FNO4/c1-15(12(16)6-7-13(17)18)8-9-19-11-5-3-2-4-10(11)14/h2-5H,6-9H2,1H3,(H,17,18). The second-order valence-corrected chi connectivity index (χ2v) is 3.99. The first-order valence-electron chi connectivity index (χ1n) is 5.84. The number of carbonyl (C=O) groups excluding carboxylic acids is 1. The quantitative estimate of drug-likeness (QED) is 0.815. The SMILES string of the molecule is CN(CCOc1ccccc1F)C(=O)CCC(=O)O. The molecular weight excluding hydrogens is 253 g/mol. The third-order valence-electron chi connectivity index (χ3n) is 2.50. The lowest BCUT2D eigenvalue weighted by Gasteiger charge is -2.17. The molecule has 1 amide bonds. The maximum atomic E-state index is 13.2. The molecule has 0 aliphatic heterocycles. The Hall–Kier alpha value is -2.11. The van der Waals surface area contributed by atoms with Crippen molar-refractivity contribution in [1.82, 2.24) is 4.90 Å². The Morgan fingerprint density at radius 3 is 2.63 bits per heavy atom. The van der Waals surface area contributed by atoms with Gasteiger partial charge >= 0.3 is 5.97 Å². The number of ether oxygens (including phenoxy) is 1. The summed E-state index contributed by atoms with van der Waals surface area (Å²) in [6.45, 7) is 0.420. The second-order valence-electron chi connectivity index (χ2n) is 3.99. The van der Waals surface area contributed by atoms with Crippen LogP contribution in [0.1, 0.15) is 12.8 Å². The number of carbonyl (C=O) groups is 2. The third kappa shape index (κ3) is 5.37. The van der Waals surface area contributed by atoms with E-state index >= 15 is 0 Å². The van der Waals surface area contributed by atoms with Gasteiger partial charge < -0.3 is 14.7 Å². The van der Waals surface area contributed by atoms with E-state index in [1.165, 1.54) is 17.0 Å². The lowest BCUT2D eigenvalue weighted by Crippen LogP contribution is -2.31. The first-order chi connectivity index (χ1) is 9.00. The molecule has 0 atom stereocenters. The predicted molar refractivity (Wildman–Crippen MR) is 66.4 cm³/mol. The molecule has 1 rings (SSSR count). The molecular formula is C13H16FNO4. The first kappa shape index (κ1) is 14.9. The molecule has 0 aromatic heterocycles. The van der Waals surface area contributed by atoms with Gasteiger partial charge in [0.05, 0.1) is 13.0 Å². The summed E-state index contributed by atoms with van der Waals surface area (Å²) in [6, 6.07) is 6.00. The normalized spacial score (nSPS) is 10.0. The lowest BCUT2D eigenvalue weighted by molar-refractivity contribution is -0.140. The van der Waals surface area contributed by atoms with E-state index in [0.29, 0.717) is 0 Å². The van der Waals surface area contributed by atoms with Gasteiger partial charge in [-0.05, 0) is 12.1 Å². The van der Waals surface area contributed by atoms with Crippen molar-refractivity contribution in [1.29, 1.82) is 0 Å². The Labute approximate surface area is 110 Å². The highest BCUT2D eigenvalue weighted by Gasteiger charge is 2.11. The Kier molecular flexibility index (Phi) is 5.78. The molecule has 1 aromatic carbocycles. The molecule has 1 aromatic rings. The molecule has 0 fully saturated rings. The molecule has 6 heteroatoms. The van der Waals surface area contributed by atoms with Crippen molar-refractivity contribution in [2.45, 2.75) is 12.8 Å². The number of hydrogen-bond acceptors (Lipinski definition) is 3. The van der Waals surface area contributed by atoms with Gasteiger partial charge in [0.2, 0.25) is 5.91 Å². The molecule has 0 radical (unpaired) electrons. The number of benzene rings is 1. The van der Waals surface area contributed by atoms with Gasteiger partial charge in [-0.2, -0.15) is 0 Å². The summed E-state index contributed by atoms with van der Waals surface area (Å²) >= 11 is 0. The third-order valence-corrected chi connectivity index (χ3v) is 2.50. The highest BCUT2D eigenvalue weighted by molar-refractivity contribution is 5.80. The summed E-state index contributed by atoms with van der Waals surface area (Å²) in [6.07, 6.45) is -0.247. The average molecular weight is 269 g/mol. The van der Waals surface area contributed by atoms with Crippen LogP contribution < -0.4 is 4.74 Å². The fourth-order valence-electron chi connectivity index (χ4n) is 1.38. The summed E-state index contributed by atoms with van der Waals surface area (Å²) in [5.74, 6) is -1.61. The molecule has 5 nitrogen and oxygen atoms in total. The number of amides is 1. The van der Waals surface area contributed by atoms with E-state index in [1.807, 2.05) is 0 Å². The van der Waals surface area contributed by atoms with Crippen LogP contribution >= 0.6 is 0 Å². The minimum Gasteiger partial charge on any atom is -0.489 e. The topological polar surface area (TPSA) is 66.8 Å². The van der Waals surface area contributed by atoms with Crippen LogP contribution in [0.5, 0.6) is 5.75 Å². The first-order valence-corrected chi connectivity index (χ1v) is 5.84. The van der Waals surface area contributed by atoms with Crippen molar-refractivity contribution in [3.05, 3.63) is 30.1 Å². The second kappa shape index (κ2) is 7.35. The number of halogens is 1. The van der Waals surface area contributed by atoms with E-state index in [2.05, 4.69) is 0 Å². The molecule has 0 bridgehead atoms. The molecule has 0 heterocycles. The van der Waals surface area contributed by atoms with Gasteiger partial charge in [-0.15, -0.1) is 0 Å². The Balaban J connectivity index is 2.30. The molecule has 19 heavy (non-hydrogen) atoms. The van der Waals surface area contributed by atoms with Crippen LogP contribution in [-0.4, -0.2) is 42.1 Å². The van der Waals surface area contributed by atoms with Crippen LogP contribution in [0.4, 0.5) is 4.39 Å². The molecule has 0 saturated carbocycles. The van der Waals surface area contributed by atoms with Crippen LogP contribution in [-0.2, 0) is 9.59 Å². The van der Waals surface area contributed by atoms with E-state index in [-0.39, 0.29) is 37.6 Å². The summed E-state index contributed by atoms with van der Waals surface area (Å²) in [5.41, 5.74) is 0. The zero-order valence-corrected chi connectivity index (χ0v) is 10.6. The van der Waals surface area contributed by atoms with E-state index in [1.54, 1.807) is 19.2 Å². The van der Waals surface area contributed by atoms with Crippen molar-refractivity contribution in [2.75, 3.05) is 20.2 Å². The summed E-state index contributed by atoms with van der Waals surface area (Å²) in [5, 5.41) is 8.46. The van der Waals surface area contributed by atoms with Crippen molar-refractivity contribution in [2.24, 2.45) is 0 Å².